The smallest absolute Gasteiger partial charge is 0.263 e. The molecule has 2 saturated heterocycles. The number of amides is 4. The number of nitrogens with zero attached hydrogens (tertiary/aromatic N) is 4. The van der Waals surface area contributed by atoms with Crippen molar-refractivity contribution in [2.45, 2.75) is 46.0 Å². The van der Waals surface area contributed by atoms with Crippen LogP contribution in [0.3, 0.4) is 0 Å². The van der Waals surface area contributed by atoms with E-state index >= 15 is 0 Å². The van der Waals surface area contributed by atoms with Crippen LogP contribution in [0.4, 0.5) is 5.69 Å². The minimum Gasteiger partial charge on any atom is -0.497 e. The van der Waals surface area contributed by atoms with Gasteiger partial charge in [0.2, 0.25) is 11.8 Å². The summed E-state index contributed by atoms with van der Waals surface area (Å²) in [6.45, 7) is 7.97. The third-order valence-corrected chi connectivity index (χ3v) is 9.00. The lowest BCUT2D eigenvalue weighted by Crippen LogP contribution is -2.50. The van der Waals surface area contributed by atoms with Gasteiger partial charge in [-0.3, -0.25) is 24.1 Å². The SMILES string of the molecule is CCN(CC)C(=O)[C@H]1CCCN(C(=O)[C@H]2CCCN(c3cccc4c3C(=O)N(CCc3cccc(OC)c3)C4=O)C2)C1. The van der Waals surface area contributed by atoms with Gasteiger partial charge in [-0.05, 0) is 75.8 Å². The third kappa shape index (κ3) is 5.87. The number of carbonyl (C=O) groups is 4. The van der Waals surface area contributed by atoms with Gasteiger partial charge < -0.3 is 19.4 Å². The van der Waals surface area contributed by atoms with E-state index < -0.39 is 0 Å². The Kier molecular flexibility index (Phi) is 9.14. The Balaban J connectivity index is 1.27. The molecule has 0 aromatic heterocycles. The number of likely N-dealkylation sites (tertiary alicyclic amines) is 1. The number of anilines is 1. The highest BCUT2D eigenvalue weighted by molar-refractivity contribution is 6.23. The molecule has 2 aromatic rings. The number of hydrogen-bond acceptors (Lipinski definition) is 6. The molecule has 0 radical (unpaired) electrons. The molecule has 2 atom stereocenters. The Morgan fingerprint density at radius 2 is 1.67 bits per heavy atom. The van der Waals surface area contributed by atoms with Gasteiger partial charge in [-0.25, -0.2) is 0 Å². The Bertz CT molecular complexity index is 1340. The van der Waals surface area contributed by atoms with Crippen molar-refractivity contribution in [1.29, 1.82) is 0 Å². The van der Waals surface area contributed by atoms with Gasteiger partial charge in [-0.2, -0.15) is 0 Å². The Morgan fingerprint density at radius 1 is 0.929 bits per heavy atom. The maximum absolute atomic E-state index is 13.7. The van der Waals surface area contributed by atoms with Gasteiger partial charge in [0.05, 0.1) is 35.8 Å². The van der Waals surface area contributed by atoms with Crippen LogP contribution in [0.25, 0.3) is 0 Å². The van der Waals surface area contributed by atoms with Crippen molar-refractivity contribution < 1.29 is 23.9 Å². The summed E-state index contributed by atoms with van der Waals surface area (Å²) in [4.78, 5) is 60.8. The van der Waals surface area contributed by atoms with E-state index in [4.69, 9.17) is 4.74 Å². The zero-order valence-corrected chi connectivity index (χ0v) is 25.0. The standard InChI is InChI=1S/C33H42N4O5/c1-4-34(5-2)30(38)25-12-9-18-36(22-25)31(39)24-11-8-17-35(21-24)28-15-7-14-27-29(28)33(41)37(32(27)40)19-16-23-10-6-13-26(20-23)42-3/h6-7,10,13-15,20,24-25H,4-5,8-9,11-12,16-19,21-22H2,1-3H3/t24-,25-/m0/s1. The van der Waals surface area contributed by atoms with Crippen LogP contribution in [-0.2, 0) is 16.0 Å². The molecule has 0 aliphatic carbocycles. The van der Waals surface area contributed by atoms with E-state index in [9.17, 15) is 19.2 Å². The Hall–Kier alpha value is -3.88. The molecule has 5 rings (SSSR count). The lowest BCUT2D eigenvalue weighted by Gasteiger charge is -2.39. The maximum atomic E-state index is 13.7. The summed E-state index contributed by atoms with van der Waals surface area (Å²) in [5.41, 5.74) is 2.57. The molecule has 0 saturated carbocycles. The number of ether oxygens (including phenoxy) is 1. The first-order chi connectivity index (χ1) is 20.4. The fourth-order valence-electron chi connectivity index (χ4n) is 6.68. The molecule has 2 fully saturated rings. The number of carbonyl (C=O) groups excluding carboxylic acids is 4. The van der Waals surface area contributed by atoms with Gasteiger partial charge in [0.1, 0.15) is 5.75 Å². The largest absolute Gasteiger partial charge is 0.497 e. The first kappa shape index (κ1) is 29.6. The lowest BCUT2D eigenvalue weighted by atomic mass is 9.91. The van der Waals surface area contributed by atoms with Crippen LogP contribution in [-0.4, -0.2) is 91.3 Å². The average molecular weight is 575 g/mol. The highest BCUT2D eigenvalue weighted by Crippen LogP contribution is 2.35. The average Bonchev–Trinajstić information content (AvgIpc) is 3.28. The minimum atomic E-state index is -0.282. The summed E-state index contributed by atoms with van der Waals surface area (Å²) in [5.74, 6) is 0.0483. The predicted molar refractivity (Wildman–Crippen MR) is 161 cm³/mol. The van der Waals surface area contributed by atoms with Crippen LogP contribution in [0.1, 0.15) is 65.8 Å². The summed E-state index contributed by atoms with van der Waals surface area (Å²) in [6, 6.07) is 13.1. The number of piperidine rings is 2. The van der Waals surface area contributed by atoms with Crippen molar-refractivity contribution in [3.8, 4) is 5.75 Å². The normalized spacial score (nSPS) is 20.5. The molecule has 9 nitrogen and oxygen atoms in total. The zero-order chi connectivity index (χ0) is 29.8. The third-order valence-electron chi connectivity index (χ3n) is 9.00. The second-order valence-electron chi connectivity index (χ2n) is 11.5. The van der Waals surface area contributed by atoms with E-state index in [1.807, 2.05) is 60.0 Å². The molecule has 224 valence electrons. The summed E-state index contributed by atoms with van der Waals surface area (Å²) >= 11 is 0. The molecule has 42 heavy (non-hydrogen) atoms. The summed E-state index contributed by atoms with van der Waals surface area (Å²) < 4.78 is 5.30. The summed E-state index contributed by atoms with van der Waals surface area (Å²) in [5, 5.41) is 0. The van der Waals surface area contributed by atoms with Gasteiger partial charge in [0, 0.05) is 45.8 Å². The quantitative estimate of drug-likeness (QED) is 0.423. The fraction of sp³-hybridized carbons (Fsp3) is 0.515. The number of hydrogen-bond donors (Lipinski definition) is 0. The van der Waals surface area contributed by atoms with E-state index in [0.717, 1.165) is 42.7 Å². The fourth-order valence-corrected chi connectivity index (χ4v) is 6.68. The second-order valence-corrected chi connectivity index (χ2v) is 11.5. The molecular weight excluding hydrogens is 532 g/mol. The Morgan fingerprint density at radius 3 is 2.43 bits per heavy atom. The second kappa shape index (κ2) is 13.0. The van der Waals surface area contributed by atoms with E-state index in [1.165, 1.54) is 4.90 Å². The van der Waals surface area contributed by atoms with Gasteiger partial charge in [-0.15, -0.1) is 0 Å². The molecule has 0 bridgehead atoms. The maximum Gasteiger partial charge on any atom is 0.263 e. The van der Waals surface area contributed by atoms with Crippen LogP contribution in [0.15, 0.2) is 42.5 Å². The van der Waals surface area contributed by atoms with Crippen molar-refractivity contribution in [3.05, 3.63) is 59.2 Å². The van der Waals surface area contributed by atoms with Gasteiger partial charge in [-0.1, -0.05) is 18.2 Å². The number of methoxy groups -OCH3 is 1. The van der Waals surface area contributed by atoms with Crippen molar-refractivity contribution >= 4 is 29.3 Å². The number of fused-ring (bicyclic) bond motifs is 1. The van der Waals surface area contributed by atoms with Crippen LogP contribution in [0, 0.1) is 11.8 Å². The molecule has 3 heterocycles. The van der Waals surface area contributed by atoms with Crippen molar-refractivity contribution in [2.75, 3.05) is 57.8 Å². The first-order valence-corrected chi connectivity index (χ1v) is 15.3. The number of benzene rings is 2. The topological polar surface area (TPSA) is 90.5 Å². The van der Waals surface area contributed by atoms with Crippen molar-refractivity contribution in [3.63, 3.8) is 0 Å². The molecule has 0 N–H and O–H groups in total. The zero-order valence-electron chi connectivity index (χ0n) is 25.0. The molecule has 4 amide bonds. The number of rotatable bonds is 9. The summed E-state index contributed by atoms with van der Waals surface area (Å²) in [7, 11) is 1.61. The first-order valence-electron chi connectivity index (χ1n) is 15.3. The van der Waals surface area contributed by atoms with Gasteiger partial charge in [0.25, 0.3) is 11.8 Å². The van der Waals surface area contributed by atoms with E-state index in [2.05, 4.69) is 4.90 Å². The van der Waals surface area contributed by atoms with Crippen molar-refractivity contribution in [2.24, 2.45) is 11.8 Å². The predicted octanol–water partition coefficient (Wildman–Crippen LogP) is 3.86. The summed E-state index contributed by atoms with van der Waals surface area (Å²) in [6.07, 6.45) is 3.77. The van der Waals surface area contributed by atoms with Crippen LogP contribution in [0.5, 0.6) is 5.75 Å². The monoisotopic (exact) mass is 574 g/mol. The highest BCUT2D eigenvalue weighted by Gasteiger charge is 2.40. The van der Waals surface area contributed by atoms with Gasteiger partial charge >= 0.3 is 0 Å². The van der Waals surface area contributed by atoms with Crippen LogP contribution in [0.2, 0.25) is 0 Å². The van der Waals surface area contributed by atoms with E-state index in [-0.39, 0.29) is 42.0 Å². The van der Waals surface area contributed by atoms with Gasteiger partial charge in [0.15, 0.2) is 0 Å². The van der Waals surface area contributed by atoms with Crippen LogP contribution < -0.4 is 9.64 Å². The molecular formula is C33H42N4O5. The molecule has 3 aliphatic rings. The molecule has 2 aromatic carbocycles. The minimum absolute atomic E-state index is 0.0895. The van der Waals surface area contributed by atoms with Crippen molar-refractivity contribution in [1.82, 2.24) is 14.7 Å². The molecule has 0 spiro atoms. The van der Waals surface area contributed by atoms with E-state index in [1.54, 1.807) is 13.2 Å². The lowest BCUT2D eigenvalue weighted by molar-refractivity contribution is -0.142. The molecule has 0 unspecified atom stereocenters. The highest BCUT2D eigenvalue weighted by atomic mass is 16.5. The molecule has 3 aliphatic heterocycles. The molecule has 9 heteroatoms. The number of imide groups is 1. The van der Waals surface area contributed by atoms with Crippen LogP contribution >= 0.6 is 0 Å². The van der Waals surface area contributed by atoms with E-state index in [0.29, 0.717) is 56.8 Å². The Labute approximate surface area is 248 Å².